The van der Waals surface area contributed by atoms with Crippen molar-refractivity contribution in [2.45, 2.75) is 30.6 Å². The van der Waals surface area contributed by atoms with Crippen LogP contribution in [0.5, 0.6) is 0 Å². The number of thioether (sulfide) groups is 1. The quantitative estimate of drug-likeness (QED) is 0.634. The molecular formula is C12H18N4SSi. The Morgan fingerprint density at radius 3 is 2.33 bits per heavy atom. The maximum absolute atomic E-state index is 3.96. The molecule has 0 N–H and O–H groups in total. The van der Waals surface area contributed by atoms with Crippen molar-refractivity contribution in [3.05, 3.63) is 29.8 Å². The average molecular weight is 278 g/mol. The van der Waals surface area contributed by atoms with Crippen LogP contribution in [-0.2, 0) is 12.8 Å². The van der Waals surface area contributed by atoms with Gasteiger partial charge in [-0.05, 0) is 16.0 Å². The Bertz CT molecular complexity index is 516. The first-order valence-electron chi connectivity index (χ1n) is 5.91. The van der Waals surface area contributed by atoms with E-state index in [0.29, 0.717) is 0 Å². The van der Waals surface area contributed by atoms with Crippen LogP contribution >= 0.6 is 11.8 Å². The van der Waals surface area contributed by atoms with Gasteiger partial charge in [0.2, 0.25) is 5.16 Å². The maximum Gasteiger partial charge on any atom is 0.209 e. The highest BCUT2D eigenvalue weighted by Crippen LogP contribution is 2.18. The fourth-order valence-electron chi connectivity index (χ4n) is 1.59. The van der Waals surface area contributed by atoms with Crippen molar-refractivity contribution in [2.24, 2.45) is 7.05 Å². The van der Waals surface area contributed by atoms with E-state index in [4.69, 9.17) is 0 Å². The third-order valence-electron chi connectivity index (χ3n) is 2.77. The van der Waals surface area contributed by atoms with Crippen LogP contribution in [0, 0.1) is 0 Å². The van der Waals surface area contributed by atoms with Gasteiger partial charge in [-0.3, -0.25) is 0 Å². The number of hydrogen-bond acceptors (Lipinski definition) is 4. The third kappa shape index (κ3) is 3.20. The summed E-state index contributed by atoms with van der Waals surface area (Å²) in [5.74, 6) is 0.903. The molecule has 0 atom stereocenters. The topological polar surface area (TPSA) is 43.6 Å². The van der Waals surface area contributed by atoms with Crippen LogP contribution in [0.4, 0.5) is 0 Å². The zero-order chi connectivity index (χ0) is 13.2. The molecule has 0 saturated carbocycles. The highest BCUT2D eigenvalue weighted by atomic mass is 32.2. The second-order valence-corrected chi connectivity index (χ2v) is 11.3. The molecule has 0 unspecified atom stereocenters. The van der Waals surface area contributed by atoms with E-state index in [0.717, 1.165) is 10.9 Å². The Hall–Kier alpha value is -1.14. The van der Waals surface area contributed by atoms with Gasteiger partial charge in [-0.25, -0.2) is 4.68 Å². The van der Waals surface area contributed by atoms with E-state index in [9.17, 15) is 0 Å². The summed E-state index contributed by atoms with van der Waals surface area (Å²) in [5, 5.41) is 13.8. The van der Waals surface area contributed by atoms with Gasteiger partial charge in [-0.2, -0.15) is 0 Å². The van der Waals surface area contributed by atoms with Crippen molar-refractivity contribution in [3.63, 3.8) is 0 Å². The van der Waals surface area contributed by atoms with E-state index in [1.807, 2.05) is 7.05 Å². The Kier molecular flexibility index (Phi) is 3.87. The van der Waals surface area contributed by atoms with Crippen LogP contribution in [0.1, 0.15) is 5.56 Å². The third-order valence-corrected chi connectivity index (χ3v) is 5.92. The van der Waals surface area contributed by atoms with Gasteiger partial charge >= 0.3 is 0 Å². The highest BCUT2D eigenvalue weighted by Gasteiger charge is 2.15. The minimum absolute atomic E-state index is 0.851. The van der Waals surface area contributed by atoms with Gasteiger partial charge in [0.1, 0.15) is 0 Å². The van der Waals surface area contributed by atoms with Gasteiger partial charge in [0.15, 0.2) is 0 Å². The molecule has 0 radical (unpaired) electrons. The zero-order valence-corrected chi connectivity index (χ0v) is 13.0. The fourth-order valence-corrected chi connectivity index (χ4v) is 3.56. The van der Waals surface area contributed by atoms with Gasteiger partial charge in [0.05, 0.1) is 8.07 Å². The summed E-state index contributed by atoms with van der Waals surface area (Å²) in [7, 11) is 0.673. The smallest absolute Gasteiger partial charge is 0.209 e. The lowest BCUT2D eigenvalue weighted by Gasteiger charge is -2.16. The van der Waals surface area contributed by atoms with E-state index in [2.05, 4.69) is 59.4 Å². The van der Waals surface area contributed by atoms with Gasteiger partial charge in [-0.1, -0.05) is 60.9 Å². The Morgan fingerprint density at radius 1 is 1.17 bits per heavy atom. The summed E-state index contributed by atoms with van der Waals surface area (Å²) in [4.78, 5) is 0. The maximum atomic E-state index is 3.96. The predicted molar refractivity (Wildman–Crippen MR) is 77.8 cm³/mol. The van der Waals surface area contributed by atoms with Crippen molar-refractivity contribution in [3.8, 4) is 0 Å². The SMILES string of the molecule is Cn1nnnc1SCc1ccc([Si](C)(C)C)cc1. The van der Waals surface area contributed by atoms with Crippen LogP contribution in [0.15, 0.2) is 29.4 Å². The molecular weight excluding hydrogens is 260 g/mol. The number of aromatic nitrogens is 4. The summed E-state index contributed by atoms with van der Waals surface area (Å²) in [6.45, 7) is 7.09. The second kappa shape index (κ2) is 5.24. The molecule has 0 saturated heterocycles. The van der Waals surface area contributed by atoms with E-state index in [-0.39, 0.29) is 0 Å². The Labute approximate surface area is 113 Å². The Morgan fingerprint density at radius 2 is 1.83 bits per heavy atom. The molecule has 6 heteroatoms. The number of tetrazole rings is 1. The number of hydrogen-bond donors (Lipinski definition) is 0. The number of nitrogens with zero attached hydrogens (tertiary/aromatic N) is 4. The first-order valence-corrected chi connectivity index (χ1v) is 10.4. The first kappa shape index (κ1) is 13.3. The van der Waals surface area contributed by atoms with Crippen LogP contribution in [0.2, 0.25) is 19.6 Å². The molecule has 0 aliphatic rings. The summed E-state index contributed by atoms with van der Waals surface area (Å²) in [6, 6.07) is 8.95. The molecule has 0 amide bonds. The van der Waals surface area contributed by atoms with E-state index in [1.165, 1.54) is 10.8 Å². The zero-order valence-electron chi connectivity index (χ0n) is 11.2. The van der Waals surface area contributed by atoms with Gasteiger partial charge in [0.25, 0.3) is 0 Å². The summed E-state index contributed by atoms with van der Waals surface area (Å²) >= 11 is 1.66. The second-order valence-electron chi connectivity index (χ2n) is 5.32. The van der Waals surface area contributed by atoms with Crippen molar-refractivity contribution in [1.82, 2.24) is 20.2 Å². The van der Waals surface area contributed by atoms with Gasteiger partial charge < -0.3 is 0 Å². The van der Waals surface area contributed by atoms with Crippen molar-refractivity contribution < 1.29 is 0 Å². The lowest BCUT2D eigenvalue weighted by Crippen LogP contribution is -2.37. The number of benzene rings is 1. The van der Waals surface area contributed by atoms with E-state index >= 15 is 0 Å². The summed E-state index contributed by atoms with van der Waals surface area (Å²) in [5.41, 5.74) is 1.31. The molecule has 4 nitrogen and oxygen atoms in total. The largest absolute Gasteiger partial charge is 0.224 e. The Balaban J connectivity index is 2.01. The van der Waals surface area contributed by atoms with E-state index < -0.39 is 8.07 Å². The standard InChI is InChI=1S/C12H18N4SSi/c1-16-12(13-14-15-16)17-9-10-5-7-11(8-6-10)18(2,3)4/h5-8H,9H2,1-4H3. The first-order chi connectivity index (χ1) is 8.47. The normalized spacial score (nSPS) is 11.8. The van der Waals surface area contributed by atoms with Crippen LogP contribution in [-0.4, -0.2) is 28.3 Å². The van der Waals surface area contributed by atoms with Crippen LogP contribution in [0.25, 0.3) is 0 Å². The summed E-state index contributed by atoms with van der Waals surface area (Å²) in [6.07, 6.45) is 0. The molecule has 96 valence electrons. The molecule has 1 aromatic heterocycles. The molecule has 0 aliphatic carbocycles. The van der Waals surface area contributed by atoms with Gasteiger partial charge in [0, 0.05) is 12.8 Å². The lowest BCUT2D eigenvalue weighted by molar-refractivity contribution is 0.664. The minimum Gasteiger partial charge on any atom is -0.224 e. The van der Waals surface area contributed by atoms with Crippen LogP contribution < -0.4 is 5.19 Å². The molecule has 1 heterocycles. The molecule has 0 aliphatic heterocycles. The monoisotopic (exact) mass is 278 g/mol. The molecule has 0 bridgehead atoms. The van der Waals surface area contributed by atoms with Gasteiger partial charge in [-0.15, -0.1) is 5.10 Å². The highest BCUT2D eigenvalue weighted by molar-refractivity contribution is 7.98. The van der Waals surface area contributed by atoms with Crippen molar-refractivity contribution >= 4 is 25.0 Å². The van der Waals surface area contributed by atoms with Crippen molar-refractivity contribution in [1.29, 1.82) is 0 Å². The number of aryl methyl sites for hydroxylation is 1. The van der Waals surface area contributed by atoms with Crippen LogP contribution in [0.3, 0.4) is 0 Å². The number of rotatable bonds is 4. The fraction of sp³-hybridized carbons (Fsp3) is 0.417. The molecule has 1 aromatic carbocycles. The molecule has 0 fully saturated rings. The summed E-state index contributed by atoms with van der Waals surface area (Å²) < 4.78 is 1.70. The average Bonchev–Trinajstić information content (AvgIpc) is 2.72. The van der Waals surface area contributed by atoms with E-state index in [1.54, 1.807) is 16.4 Å². The molecule has 2 aromatic rings. The predicted octanol–water partition coefficient (Wildman–Crippen LogP) is 2.05. The lowest BCUT2D eigenvalue weighted by atomic mass is 10.2. The molecule has 0 spiro atoms. The van der Waals surface area contributed by atoms with Crippen molar-refractivity contribution in [2.75, 3.05) is 0 Å². The molecule has 2 rings (SSSR count). The minimum atomic E-state index is -1.18. The molecule has 18 heavy (non-hydrogen) atoms.